The van der Waals surface area contributed by atoms with Gasteiger partial charge in [-0.15, -0.1) is 0 Å². The van der Waals surface area contributed by atoms with E-state index in [2.05, 4.69) is 6.58 Å². The largest absolute Gasteiger partial charge is 0.508 e. The van der Waals surface area contributed by atoms with Crippen LogP contribution in [0.3, 0.4) is 0 Å². The first-order valence-corrected chi connectivity index (χ1v) is 5.95. The second-order valence-electron chi connectivity index (χ2n) is 4.74. The zero-order valence-corrected chi connectivity index (χ0v) is 10.6. The summed E-state index contributed by atoms with van der Waals surface area (Å²) in [5.74, 6) is -0.171. The first-order valence-electron chi connectivity index (χ1n) is 5.95. The third-order valence-electron chi connectivity index (χ3n) is 3.09. The van der Waals surface area contributed by atoms with Crippen LogP contribution < -0.4 is 4.74 Å². The molecule has 0 bridgehead atoms. The van der Waals surface area contributed by atoms with Gasteiger partial charge in [-0.2, -0.15) is 0 Å². The summed E-state index contributed by atoms with van der Waals surface area (Å²) in [7, 11) is 0. The van der Waals surface area contributed by atoms with Crippen LogP contribution in [0.2, 0.25) is 0 Å². The molecule has 0 aliphatic carbocycles. The highest BCUT2D eigenvalue weighted by Crippen LogP contribution is 2.34. The fourth-order valence-electron chi connectivity index (χ4n) is 1.93. The number of benzene rings is 1. The molecule has 1 heterocycles. The summed E-state index contributed by atoms with van der Waals surface area (Å²) in [6.07, 6.45) is -1.90. The van der Waals surface area contributed by atoms with Crippen molar-refractivity contribution in [2.75, 3.05) is 0 Å². The molecule has 0 fully saturated rings. The van der Waals surface area contributed by atoms with Gasteiger partial charge in [-0.05, 0) is 18.6 Å². The van der Waals surface area contributed by atoms with Crippen LogP contribution in [0.5, 0.6) is 11.5 Å². The number of fused-ring (bicyclic) bond motifs is 1. The van der Waals surface area contributed by atoms with Crippen molar-refractivity contribution in [2.24, 2.45) is 0 Å². The Labute approximate surface area is 110 Å². The molecule has 1 unspecified atom stereocenters. The Morgan fingerprint density at radius 2 is 2.26 bits per heavy atom. The molecule has 0 saturated carbocycles. The van der Waals surface area contributed by atoms with E-state index in [4.69, 9.17) is 4.74 Å². The second-order valence-corrected chi connectivity index (χ2v) is 4.74. The van der Waals surface area contributed by atoms with E-state index in [0.29, 0.717) is 16.7 Å². The molecule has 2 rings (SSSR count). The second kappa shape index (κ2) is 5.03. The van der Waals surface area contributed by atoms with Crippen molar-refractivity contribution in [3.63, 3.8) is 0 Å². The number of aliphatic hydroxyl groups excluding tert-OH is 2. The number of carbonyl (C=O) groups is 1. The number of aromatic hydroxyl groups is 1. The molecular weight excluding hydrogens is 248 g/mol. The van der Waals surface area contributed by atoms with Crippen molar-refractivity contribution in [3.05, 3.63) is 35.4 Å². The highest BCUT2D eigenvalue weighted by molar-refractivity contribution is 6.00. The Bertz CT molecular complexity index is 535. The molecule has 1 aromatic carbocycles. The van der Waals surface area contributed by atoms with Gasteiger partial charge in [0.25, 0.3) is 0 Å². The third kappa shape index (κ3) is 2.77. The van der Waals surface area contributed by atoms with Crippen LogP contribution >= 0.6 is 0 Å². The number of ether oxygens (including phenoxy) is 1. The van der Waals surface area contributed by atoms with E-state index in [9.17, 15) is 20.1 Å². The van der Waals surface area contributed by atoms with Crippen molar-refractivity contribution < 1.29 is 24.9 Å². The normalized spacial score (nSPS) is 19.5. The smallest absolute Gasteiger partial charge is 0.204 e. The lowest BCUT2D eigenvalue weighted by Crippen LogP contribution is -2.26. The van der Waals surface area contributed by atoms with Crippen molar-refractivity contribution in [1.82, 2.24) is 0 Å². The number of aliphatic hydroxyl groups is 2. The van der Waals surface area contributed by atoms with Gasteiger partial charge in [-0.3, -0.25) is 4.79 Å². The predicted octanol–water partition coefficient (Wildman–Crippen LogP) is 1.16. The number of rotatable bonds is 3. The van der Waals surface area contributed by atoms with Crippen molar-refractivity contribution in [1.29, 1.82) is 0 Å². The molecule has 5 nitrogen and oxygen atoms in total. The van der Waals surface area contributed by atoms with Crippen molar-refractivity contribution >= 4 is 5.78 Å². The minimum atomic E-state index is -1.17. The van der Waals surface area contributed by atoms with Gasteiger partial charge in [0.2, 0.25) is 6.29 Å². The topological polar surface area (TPSA) is 87.0 Å². The first kappa shape index (κ1) is 13.6. The van der Waals surface area contributed by atoms with Crippen molar-refractivity contribution in [3.8, 4) is 11.5 Å². The van der Waals surface area contributed by atoms with E-state index in [1.807, 2.05) is 0 Å². The monoisotopic (exact) mass is 264 g/mol. The molecule has 102 valence electrons. The predicted molar refractivity (Wildman–Crippen MR) is 68.2 cm³/mol. The number of carbonyl (C=O) groups excluding carboxylic acids is 1. The molecule has 0 spiro atoms. The third-order valence-corrected chi connectivity index (χ3v) is 3.09. The maximum atomic E-state index is 11.8. The Balaban J connectivity index is 2.35. The molecule has 1 aliphatic heterocycles. The first-order chi connectivity index (χ1) is 8.88. The van der Waals surface area contributed by atoms with Crippen LogP contribution in [0.15, 0.2) is 24.3 Å². The maximum Gasteiger partial charge on any atom is 0.204 e. The summed E-state index contributed by atoms with van der Waals surface area (Å²) in [6.45, 7) is 5.32. The number of hydrogen-bond acceptors (Lipinski definition) is 5. The van der Waals surface area contributed by atoms with Crippen molar-refractivity contribution in [2.45, 2.75) is 32.2 Å². The SMILES string of the molecule is C=C(C)C(O)Cc1cc2c(cc1O)O[C@H](O)CC2=O. The van der Waals surface area contributed by atoms with Gasteiger partial charge < -0.3 is 20.1 Å². The van der Waals surface area contributed by atoms with Gasteiger partial charge in [-0.1, -0.05) is 12.2 Å². The summed E-state index contributed by atoms with van der Waals surface area (Å²) in [6, 6.07) is 2.78. The molecular formula is C14H16O5. The van der Waals surface area contributed by atoms with Crippen LogP contribution in [0.25, 0.3) is 0 Å². The lowest BCUT2D eigenvalue weighted by molar-refractivity contribution is -0.0247. The minimum Gasteiger partial charge on any atom is -0.508 e. The average molecular weight is 264 g/mol. The fourth-order valence-corrected chi connectivity index (χ4v) is 1.93. The number of Topliss-reactive ketones (excluding diaryl/α,β-unsaturated/α-hetero) is 1. The Morgan fingerprint density at radius 3 is 2.89 bits per heavy atom. The summed E-state index contributed by atoms with van der Waals surface area (Å²) in [5, 5.41) is 28.9. The van der Waals surface area contributed by atoms with Gasteiger partial charge in [0.1, 0.15) is 11.5 Å². The molecule has 1 aliphatic rings. The van der Waals surface area contributed by atoms with Gasteiger partial charge in [0, 0.05) is 12.5 Å². The van der Waals surface area contributed by atoms with Gasteiger partial charge in [-0.25, -0.2) is 0 Å². The van der Waals surface area contributed by atoms with Gasteiger partial charge >= 0.3 is 0 Å². The molecule has 0 radical (unpaired) electrons. The van der Waals surface area contributed by atoms with Crippen LogP contribution in [-0.2, 0) is 6.42 Å². The van der Waals surface area contributed by atoms with Crippen LogP contribution in [-0.4, -0.2) is 33.5 Å². The van der Waals surface area contributed by atoms with Gasteiger partial charge in [0.05, 0.1) is 18.1 Å². The molecule has 19 heavy (non-hydrogen) atoms. The lowest BCUT2D eigenvalue weighted by Gasteiger charge is -2.22. The molecule has 5 heteroatoms. The van der Waals surface area contributed by atoms with Crippen LogP contribution in [0.1, 0.15) is 29.3 Å². The summed E-state index contributed by atoms with van der Waals surface area (Å²) < 4.78 is 5.09. The van der Waals surface area contributed by atoms with E-state index in [1.54, 1.807) is 6.92 Å². The quantitative estimate of drug-likeness (QED) is 0.713. The maximum absolute atomic E-state index is 11.8. The zero-order chi connectivity index (χ0) is 14.2. The Kier molecular flexibility index (Phi) is 3.59. The number of hydrogen-bond donors (Lipinski definition) is 3. The number of phenols is 1. The van der Waals surface area contributed by atoms with Crippen LogP contribution in [0.4, 0.5) is 0 Å². The van der Waals surface area contributed by atoms with E-state index >= 15 is 0 Å². The molecule has 0 saturated heterocycles. The van der Waals surface area contributed by atoms with E-state index in [1.165, 1.54) is 12.1 Å². The summed E-state index contributed by atoms with van der Waals surface area (Å²) >= 11 is 0. The van der Waals surface area contributed by atoms with E-state index in [0.717, 1.165) is 0 Å². The standard InChI is InChI=1S/C14H16O5/c1-7(2)10(15)4-8-3-9-12(17)6-14(18)19-13(9)5-11(8)16/h3,5,10,14-16,18H,1,4,6H2,2H3/t10?,14-/m0/s1. The van der Waals surface area contributed by atoms with Crippen LogP contribution in [0, 0.1) is 0 Å². The number of phenolic OH excluding ortho intramolecular Hbond substituents is 1. The molecule has 3 N–H and O–H groups in total. The minimum absolute atomic E-state index is 0.0825. The number of ketones is 1. The molecule has 2 atom stereocenters. The fraction of sp³-hybridized carbons (Fsp3) is 0.357. The zero-order valence-electron chi connectivity index (χ0n) is 10.6. The highest BCUT2D eigenvalue weighted by atomic mass is 16.6. The highest BCUT2D eigenvalue weighted by Gasteiger charge is 2.26. The summed E-state index contributed by atoms with van der Waals surface area (Å²) in [5.41, 5.74) is 1.34. The van der Waals surface area contributed by atoms with Gasteiger partial charge in [0.15, 0.2) is 5.78 Å². The van der Waals surface area contributed by atoms with E-state index < -0.39 is 12.4 Å². The molecule has 0 amide bonds. The molecule has 0 aromatic heterocycles. The average Bonchev–Trinajstić information content (AvgIpc) is 2.30. The van der Waals surface area contributed by atoms with E-state index in [-0.39, 0.29) is 30.1 Å². The Hall–Kier alpha value is -1.85. The Morgan fingerprint density at radius 1 is 1.58 bits per heavy atom. The summed E-state index contributed by atoms with van der Waals surface area (Å²) in [4.78, 5) is 11.8. The lowest BCUT2D eigenvalue weighted by atomic mass is 9.96. The molecule has 1 aromatic rings.